The van der Waals surface area contributed by atoms with Gasteiger partial charge in [0.15, 0.2) is 0 Å². The van der Waals surface area contributed by atoms with Crippen molar-refractivity contribution in [3.8, 4) is 5.88 Å². The molecule has 0 aromatic carbocycles. The van der Waals surface area contributed by atoms with Crippen LogP contribution in [0, 0.1) is 0 Å². The van der Waals surface area contributed by atoms with Crippen LogP contribution in [0.25, 0.3) is 6.08 Å². The number of β-amino-alcohol motifs (C(OH)–C–C–N with tert-alkyl or cyclic N) is 1. The lowest BCUT2D eigenvalue weighted by molar-refractivity contribution is 0.0722. The number of nitrogens with one attached hydrogen (secondary N) is 1. The Kier molecular flexibility index (Phi) is 5.41. The number of fused-ring (bicyclic) bond motifs is 1. The van der Waals surface area contributed by atoms with E-state index in [1.165, 1.54) is 0 Å². The fraction of sp³-hybridized carbons (Fsp3) is 0.524. The van der Waals surface area contributed by atoms with E-state index in [0.29, 0.717) is 42.8 Å². The number of aromatic nitrogens is 1. The third-order valence-corrected chi connectivity index (χ3v) is 5.60. The SMILES string of the molecule is COc1ncc(C2CCOCC2)c2c1N=C(NC(=O)N1CCC(C)(O)C1)C=C=C2. The maximum atomic E-state index is 12.6. The minimum Gasteiger partial charge on any atom is -0.479 e. The van der Waals surface area contributed by atoms with Gasteiger partial charge in [0.1, 0.15) is 11.5 Å². The van der Waals surface area contributed by atoms with Crippen LogP contribution in [0.3, 0.4) is 0 Å². The maximum absolute atomic E-state index is 12.6. The molecule has 1 aromatic heterocycles. The number of aliphatic imine (C=N–C) groups is 1. The lowest BCUT2D eigenvalue weighted by atomic mass is 9.89. The third kappa shape index (κ3) is 4.19. The molecular weight excluding hydrogens is 372 g/mol. The van der Waals surface area contributed by atoms with Crippen molar-refractivity contribution in [2.45, 2.75) is 37.7 Å². The fourth-order valence-corrected chi connectivity index (χ4v) is 3.98. The summed E-state index contributed by atoms with van der Waals surface area (Å²) in [5.74, 6) is 1.10. The molecule has 8 heteroatoms. The van der Waals surface area contributed by atoms with E-state index in [1.807, 2.05) is 12.3 Å². The number of pyridine rings is 1. The molecule has 0 saturated carbocycles. The number of hydrogen-bond acceptors (Lipinski definition) is 6. The highest BCUT2D eigenvalue weighted by atomic mass is 16.5. The minimum absolute atomic E-state index is 0.293. The number of carbonyl (C=O) groups excluding carboxylic acids is 1. The number of amidine groups is 1. The highest BCUT2D eigenvalue weighted by molar-refractivity contribution is 6.06. The highest BCUT2D eigenvalue weighted by Crippen LogP contribution is 2.39. The quantitative estimate of drug-likeness (QED) is 0.746. The van der Waals surface area contributed by atoms with Gasteiger partial charge in [-0.2, -0.15) is 0 Å². The molecule has 3 aliphatic rings. The Hall–Kier alpha value is -2.67. The number of carbonyl (C=O) groups is 1. The summed E-state index contributed by atoms with van der Waals surface area (Å²) in [6.07, 6.45) is 7.77. The molecule has 1 unspecified atom stereocenters. The first-order chi connectivity index (χ1) is 14.0. The molecule has 4 rings (SSSR count). The zero-order valence-corrected chi connectivity index (χ0v) is 16.8. The summed E-state index contributed by atoms with van der Waals surface area (Å²) >= 11 is 0. The average molecular weight is 398 g/mol. The van der Waals surface area contributed by atoms with Crippen molar-refractivity contribution in [1.29, 1.82) is 0 Å². The molecule has 2 amide bonds. The molecule has 2 N–H and O–H groups in total. The smallest absolute Gasteiger partial charge is 0.323 e. The van der Waals surface area contributed by atoms with E-state index in [4.69, 9.17) is 9.47 Å². The summed E-state index contributed by atoms with van der Waals surface area (Å²) in [6.45, 7) is 3.99. The Labute approximate surface area is 169 Å². The van der Waals surface area contributed by atoms with Gasteiger partial charge in [-0.05, 0) is 43.7 Å². The van der Waals surface area contributed by atoms with Gasteiger partial charge in [-0.15, -0.1) is 5.73 Å². The van der Waals surface area contributed by atoms with Crippen LogP contribution in [-0.2, 0) is 4.74 Å². The van der Waals surface area contributed by atoms with Crippen molar-refractivity contribution in [3.05, 3.63) is 29.1 Å². The molecule has 0 radical (unpaired) electrons. The van der Waals surface area contributed by atoms with Gasteiger partial charge in [-0.3, -0.25) is 5.32 Å². The molecule has 2 fully saturated rings. The van der Waals surface area contributed by atoms with Gasteiger partial charge in [-0.25, -0.2) is 14.8 Å². The second kappa shape index (κ2) is 7.99. The van der Waals surface area contributed by atoms with E-state index in [-0.39, 0.29) is 6.03 Å². The highest BCUT2D eigenvalue weighted by Gasteiger charge is 2.34. The number of methoxy groups -OCH3 is 1. The normalized spacial score (nSPS) is 24.1. The summed E-state index contributed by atoms with van der Waals surface area (Å²) in [6, 6.07) is -0.296. The summed E-state index contributed by atoms with van der Waals surface area (Å²) in [5.41, 5.74) is 4.86. The molecule has 3 aliphatic heterocycles. The van der Waals surface area contributed by atoms with E-state index in [2.05, 4.69) is 21.0 Å². The second-order valence-electron chi connectivity index (χ2n) is 7.92. The molecule has 154 valence electrons. The summed E-state index contributed by atoms with van der Waals surface area (Å²) in [4.78, 5) is 23.3. The fourth-order valence-electron chi connectivity index (χ4n) is 3.98. The van der Waals surface area contributed by atoms with Gasteiger partial charge in [0, 0.05) is 37.6 Å². The molecule has 4 heterocycles. The first-order valence-electron chi connectivity index (χ1n) is 9.91. The first-order valence-corrected chi connectivity index (χ1v) is 9.91. The number of amides is 2. The van der Waals surface area contributed by atoms with E-state index >= 15 is 0 Å². The Bertz CT molecular complexity index is 896. The van der Waals surface area contributed by atoms with E-state index in [9.17, 15) is 9.90 Å². The number of hydrogen-bond donors (Lipinski definition) is 2. The zero-order chi connectivity index (χ0) is 20.4. The molecule has 0 bridgehead atoms. The van der Waals surface area contributed by atoms with Crippen LogP contribution in [0.4, 0.5) is 10.5 Å². The van der Waals surface area contributed by atoms with Crippen molar-refractivity contribution < 1.29 is 19.4 Å². The van der Waals surface area contributed by atoms with Gasteiger partial charge in [0.05, 0.1) is 19.3 Å². The lowest BCUT2D eigenvalue weighted by Crippen LogP contribution is -2.42. The van der Waals surface area contributed by atoms with Gasteiger partial charge in [-0.1, -0.05) is 0 Å². The van der Waals surface area contributed by atoms with Crippen molar-refractivity contribution in [2.75, 3.05) is 33.4 Å². The summed E-state index contributed by atoms with van der Waals surface area (Å²) in [7, 11) is 1.55. The number of nitrogens with zero attached hydrogens (tertiary/aromatic N) is 3. The molecule has 8 nitrogen and oxygen atoms in total. The number of ether oxygens (including phenoxy) is 2. The lowest BCUT2D eigenvalue weighted by Gasteiger charge is -2.24. The molecule has 2 saturated heterocycles. The van der Waals surface area contributed by atoms with Gasteiger partial charge >= 0.3 is 6.03 Å². The first kappa shape index (κ1) is 19.6. The monoisotopic (exact) mass is 398 g/mol. The van der Waals surface area contributed by atoms with Crippen molar-refractivity contribution in [3.63, 3.8) is 0 Å². The number of likely N-dealkylation sites (tertiary alicyclic amines) is 1. The number of rotatable bonds is 2. The topological polar surface area (TPSA) is 96.3 Å². The van der Waals surface area contributed by atoms with Gasteiger partial charge < -0.3 is 19.5 Å². The molecule has 1 atom stereocenters. The van der Waals surface area contributed by atoms with Crippen LogP contribution in [-0.4, -0.2) is 65.9 Å². The van der Waals surface area contributed by atoms with Crippen LogP contribution >= 0.6 is 0 Å². The molecule has 29 heavy (non-hydrogen) atoms. The van der Waals surface area contributed by atoms with Gasteiger partial charge in [0.25, 0.3) is 0 Å². The molecular formula is C21H26N4O4. The molecule has 0 aliphatic carbocycles. The maximum Gasteiger partial charge on any atom is 0.323 e. The largest absolute Gasteiger partial charge is 0.479 e. The Balaban J connectivity index is 1.63. The molecule has 0 spiro atoms. The zero-order valence-electron chi connectivity index (χ0n) is 16.8. The predicted octanol–water partition coefficient (Wildman–Crippen LogP) is 2.36. The summed E-state index contributed by atoms with van der Waals surface area (Å²) in [5, 5.41) is 12.9. The van der Waals surface area contributed by atoms with Gasteiger partial charge in [0.2, 0.25) is 5.88 Å². The van der Waals surface area contributed by atoms with Crippen LogP contribution in [0.1, 0.15) is 43.2 Å². The van der Waals surface area contributed by atoms with E-state index < -0.39 is 5.60 Å². The minimum atomic E-state index is -0.850. The van der Waals surface area contributed by atoms with E-state index in [1.54, 1.807) is 25.0 Å². The van der Waals surface area contributed by atoms with Crippen molar-refractivity contribution in [2.24, 2.45) is 4.99 Å². The standard InChI is InChI=1S/C21H26N4O4/c1-21(27)8-9-25(13-21)20(26)24-17-5-3-4-15-16(14-6-10-29-11-7-14)12-22-19(28-2)18(15)23-17/h4-5,12,14,27H,6-11,13H2,1-2H3,(H,23,24,26). The van der Waals surface area contributed by atoms with Crippen molar-refractivity contribution in [1.82, 2.24) is 15.2 Å². The van der Waals surface area contributed by atoms with Crippen LogP contribution in [0.15, 0.2) is 23.0 Å². The van der Waals surface area contributed by atoms with Crippen molar-refractivity contribution >= 4 is 23.6 Å². The number of urea groups is 1. The third-order valence-electron chi connectivity index (χ3n) is 5.60. The van der Waals surface area contributed by atoms with Crippen LogP contribution in [0.2, 0.25) is 0 Å². The van der Waals surface area contributed by atoms with E-state index in [0.717, 1.165) is 37.2 Å². The Morgan fingerprint density at radius 3 is 2.90 bits per heavy atom. The molecule has 1 aromatic rings. The Morgan fingerprint density at radius 1 is 1.41 bits per heavy atom. The van der Waals surface area contributed by atoms with Crippen LogP contribution in [0.5, 0.6) is 5.88 Å². The van der Waals surface area contributed by atoms with Crippen LogP contribution < -0.4 is 10.1 Å². The second-order valence-corrected chi connectivity index (χ2v) is 7.92. The summed E-state index contributed by atoms with van der Waals surface area (Å²) < 4.78 is 10.9. The predicted molar refractivity (Wildman–Crippen MR) is 109 cm³/mol. The Morgan fingerprint density at radius 2 is 2.21 bits per heavy atom. The average Bonchev–Trinajstić information content (AvgIpc) is 2.95. The number of aliphatic hydroxyl groups is 1.